The first kappa shape index (κ1) is 19.1. The molecule has 8 heteroatoms. The number of rotatable bonds is 6. The highest BCUT2D eigenvalue weighted by Crippen LogP contribution is 2.25. The highest BCUT2D eigenvalue weighted by molar-refractivity contribution is 6.32. The van der Waals surface area contributed by atoms with E-state index >= 15 is 0 Å². The average molecular weight is 381 g/mol. The van der Waals surface area contributed by atoms with E-state index in [9.17, 15) is 14.4 Å². The fourth-order valence-electron chi connectivity index (χ4n) is 2.67. The van der Waals surface area contributed by atoms with E-state index < -0.39 is 23.8 Å². The maximum atomic E-state index is 12.8. The molecule has 1 fully saturated rings. The molecule has 1 aliphatic rings. The lowest BCUT2D eigenvalue weighted by atomic mass is 10.1. The molecule has 144 valence electrons. The van der Waals surface area contributed by atoms with Gasteiger partial charge in [-0.2, -0.15) is 0 Å². The van der Waals surface area contributed by atoms with Gasteiger partial charge in [-0.3, -0.25) is 19.9 Å². The molecule has 0 radical (unpaired) electrons. The lowest BCUT2D eigenvalue weighted by Gasteiger charge is -2.28. The number of anilines is 1. The van der Waals surface area contributed by atoms with Crippen molar-refractivity contribution in [2.45, 2.75) is 6.92 Å². The minimum Gasteiger partial charge on any atom is -0.497 e. The number of carbonyl (C=O) groups excluding carboxylic acids is 3. The Bertz CT molecular complexity index is 924. The molecular formula is C20H19N3O5. The van der Waals surface area contributed by atoms with E-state index in [2.05, 4.69) is 10.3 Å². The van der Waals surface area contributed by atoms with E-state index in [-0.39, 0.29) is 0 Å². The zero-order valence-electron chi connectivity index (χ0n) is 15.4. The number of imide groups is 2. The zero-order chi connectivity index (χ0) is 20.1. The van der Waals surface area contributed by atoms with Crippen LogP contribution < -0.4 is 19.7 Å². The minimum absolute atomic E-state index is 0.300. The number of hydrogen-bond donors (Lipinski definition) is 1. The van der Waals surface area contributed by atoms with Gasteiger partial charge >= 0.3 is 6.03 Å². The molecule has 0 spiro atoms. The number of nitrogens with one attached hydrogen (secondary N) is 1. The van der Waals surface area contributed by atoms with E-state index in [1.807, 2.05) is 6.92 Å². The smallest absolute Gasteiger partial charge is 0.335 e. The number of aliphatic imine (C=N–C) groups is 1. The molecular weight excluding hydrogens is 362 g/mol. The van der Waals surface area contributed by atoms with Crippen LogP contribution >= 0.6 is 0 Å². The molecule has 0 saturated carbocycles. The van der Waals surface area contributed by atoms with Crippen molar-refractivity contribution in [3.8, 4) is 11.5 Å². The number of benzene rings is 2. The number of carbonyl (C=O) groups is 3. The van der Waals surface area contributed by atoms with Crippen molar-refractivity contribution in [1.82, 2.24) is 5.32 Å². The summed E-state index contributed by atoms with van der Waals surface area (Å²) in [6.45, 7) is 2.43. The predicted molar refractivity (Wildman–Crippen MR) is 103 cm³/mol. The molecule has 1 aliphatic heterocycles. The lowest BCUT2D eigenvalue weighted by Crippen LogP contribution is -2.58. The Morgan fingerprint density at radius 3 is 2.54 bits per heavy atom. The number of barbiturate groups is 1. The van der Waals surface area contributed by atoms with Gasteiger partial charge < -0.3 is 9.47 Å². The Morgan fingerprint density at radius 1 is 1.11 bits per heavy atom. The van der Waals surface area contributed by atoms with Crippen LogP contribution in [0.2, 0.25) is 0 Å². The van der Waals surface area contributed by atoms with E-state index in [4.69, 9.17) is 9.47 Å². The first-order chi connectivity index (χ1) is 13.5. The molecule has 4 amide bonds. The lowest BCUT2D eigenvalue weighted by molar-refractivity contribution is -0.131. The number of nitrogens with zero attached hydrogens (tertiary/aromatic N) is 2. The molecule has 28 heavy (non-hydrogen) atoms. The summed E-state index contributed by atoms with van der Waals surface area (Å²) in [5.74, 6) is -1.45. The third kappa shape index (κ3) is 4.01. The van der Waals surface area contributed by atoms with Gasteiger partial charge in [-0.15, -0.1) is 0 Å². The van der Waals surface area contributed by atoms with E-state index in [1.165, 1.54) is 19.4 Å². The topological polar surface area (TPSA) is 97.3 Å². The Hall–Kier alpha value is -3.68. The van der Waals surface area contributed by atoms with Crippen molar-refractivity contribution >= 4 is 35.4 Å². The van der Waals surface area contributed by atoms with Crippen LogP contribution in [0.15, 0.2) is 53.5 Å². The van der Waals surface area contributed by atoms with Crippen molar-refractivity contribution < 1.29 is 23.9 Å². The molecule has 0 bridgehead atoms. The largest absolute Gasteiger partial charge is 0.497 e. The van der Waals surface area contributed by atoms with E-state index in [0.29, 0.717) is 29.5 Å². The molecule has 1 heterocycles. The van der Waals surface area contributed by atoms with Crippen LogP contribution in [0.5, 0.6) is 11.5 Å². The van der Waals surface area contributed by atoms with Gasteiger partial charge in [0.25, 0.3) is 5.91 Å². The number of hydrogen-bond acceptors (Lipinski definition) is 6. The third-order valence-corrected chi connectivity index (χ3v) is 4.03. The highest BCUT2D eigenvalue weighted by atomic mass is 16.5. The molecule has 1 saturated heterocycles. The summed E-state index contributed by atoms with van der Waals surface area (Å²) in [5.41, 5.74) is 0.850. The number of methoxy groups -OCH3 is 1. The predicted octanol–water partition coefficient (Wildman–Crippen LogP) is 2.70. The highest BCUT2D eigenvalue weighted by Gasteiger charge is 2.40. The van der Waals surface area contributed by atoms with Crippen LogP contribution in [0.4, 0.5) is 16.2 Å². The maximum absolute atomic E-state index is 12.8. The van der Waals surface area contributed by atoms with Crippen molar-refractivity contribution in [3.63, 3.8) is 0 Å². The summed E-state index contributed by atoms with van der Waals surface area (Å²) >= 11 is 0. The molecule has 2 aromatic rings. The Kier molecular flexibility index (Phi) is 5.69. The second-order valence-corrected chi connectivity index (χ2v) is 5.85. The van der Waals surface area contributed by atoms with Gasteiger partial charge in [0.1, 0.15) is 11.5 Å². The monoisotopic (exact) mass is 381 g/mol. The molecule has 3 rings (SSSR count). The summed E-state index contributed by atoms with van der Waals surface area (Å²) in [7, 11) is 1.48. The van der Waals surface area contributed by atoms with Crippen LogP contribution in [0, 0.1) is 5.92 Å². The Labute approximate surface area is 161 Å². The Morgan fingerprint density at radius 2 is 1.86 bits per heavy atom. The van der Waals surface area contributed by atoms with Crippen LogP contribution in [-0.4, -0.2) is 37.8 Å². The van der Waals surface area contributed by atoms with E-state index in [0.717, 1.165) is 4.90 Å². The average Bonchev–Trinajstić information content (AvgIpc) is 2.69. The fourth-order valence-corrected chi connectivity index (χ4v) is 2.67. The first-order valence-corrected chi connectivity index (χ1v) is 8.63. The van der Waals surface area contributed by atoms with Crippen molar-refractivity contribution in [2.75, 3.05) is 18.6 Å². The van der Waals surface area contributed by atoms with Crippen molar-refractivity contribution in [2.24, 2.45) is 10.9 Å². The number of ether oxygens (including phenoxy) is 2. The second kappa shape index (κ2) is 8.34. The van der Waals surface area contributed by atoms with Gasteiger partial charge in [0.15, 0.2) is 5.92 Å². The minimum atomic E-state index is -1.23. The molecule has 0 aromatic heterocycles. The van der Waals surface area contributed by atoms with Crippen LogP contribution in [0.1, 0.15) is 6.92 Å². The quantitative estimate of drug-likeness (QED) is 0.613. The fraction of sp³-hybridized carbons (Fsp3) is 0.200. The van der Waals surface area contributed by atoms with Gasteiger partial charge in [-0.1, -0.05) is 6.07 Å². The van der Waals surface area contributed by atoms with Gasteiger partial charge in [0.05, 0.1) is 25.1 Å². The van der Waals surface area contributed by atoms with Crippen molar-refractivity contribution in [3.05, 3.63) is 48.5 Å². The Balaban J connectivity index is 1.83. The summed E-state index contributed by atoms with van der Waals surface area (Å²) < 4.78 is 10.5. The van der Waals surface area contributed by atoms with E-state index in [1.54, 1.807) is 42.5 Å². The normalized spacial score (nSPS) is 17.0. The standard InChI is InChI=1S/C20H19N3O5/c1-3-28-15-9-7-13(8-10-15)21-12-17-18(24)22-20(26)23(19(17)25)14-5-4-6-16(11-14)27-2/h4-12,17H,3H2,1-2H3,(H,22,24,26)/t17-/m0/s1. The van der Waals surface area contributed by atoms with Gasteiger partial charge in [-0.05, 0) is 43.3 Å². The van der Waals surface area contributed by atoms with Crippen LogP contribution in [0.3, 0.4) is 0 Å². The molecule has 1 N–H and O–H groups in total. The second-order valence-electron chi connectivity index (χ2n) is 5.85. The summed E-state index contributed by atoms with van der Waals surface area (Å²) in [6, 6.07) is 12.5. The molecule has 1 atom stereocenters. The summed E-state index contributed by atoms with van der Waals surface area (Å²) in [4.78, 5) is 42.3. The van der Waals surface area contributed by atoms with Gasteiger partial charge in [0, 0.05) is 12.3 Å². The number of urea groups is 1. The third-order valence-electron chi connectivity index (χ3n) is 4.03. The zero-order valence-corrected chi connectivity index (χ0v) is 15.4. The van der Waals surface area contributed by atoms with Gasteiger partial charge in [-0.25, -0.2) is 9.69 Å². The molecule has 0 aliphatic carbocycles. The SMILES string of the molecule is CCOc1ccc(N=C[C@H]2C(=O)NC(=O)N(c3cccc(OC)c3)C2=O)cc1. The van der Waals surface area contributed by atoms with Crippen molar-refractivity contribution in [1.29, 1.82) is 0 Å². The van der Waals surface area contributed by atoms with Crippen LogP contribution in [-0.2, 0) is 9.59 Å². The summed E-state index contributed by atoms with van der Waals surface area (Å²) in [6.07, 6.45) is 1.23. The molecule has 0 unspecified atom stereocenters. The first-order valence-electron chi connectivity index (χ1n) is 8.63. The maximum Gasteiger partial charge on any atom is 0.335 e. The van der Waals surface area contributed by atoms with Gasteiger partial charge in [0.2, 0.25) is 5.91 Å². The number of amides is 4. The van der Waals surface area contributed by atoms with Crippen LogP contribution in [0.25, 0.3) is 0 Å². The molecule has 2 aromatic carbocycles. The summed E-state index contributed by atoms with van der Waals surface area (Å²) in [5, 5.41) is 2.18. The molecule has 8 nitrogen and oxygen atoms in total.